The van der Waals surface area contributed by atoms with Gasteiger partial charge in [-0.15, -0.1) is 0 Å². The van der Waals surface area contributed by atoms with Gasteiger partial charge in [0.25, 0.3) is 5.91 Å². The molecule has 1 amide bonds. The molecule has 140 valence electrons. The fourth-order valence-electron chi connectivity index (χ4n) is 3.01. The van der Waals surface area contributed by atoms with Crippen LogP contribution in [0.4, 0.5) is 0 Å². The summed E-state index contributed by atoms with van der Waals surface area (Å²) in [7, 11) is 0. The van der Waals surface area contributed by atoms with Crippen LogP contribution in [0.25, 0.3) is 5.57 Å². The third-order valence-electron chi connectivity index (χ3n) is 4.30. The Morgan fingerprint density at radius 3 is 2.22 bits per heavy atom. The van der Waals surface area contributed by atoms with E-state index in [4.69, 9.17) is 27.9 Å². The fourth-order valence-corrected chi connectivity index (χ4v) is 4.25. The topological polar surface area (TPSA) is 46.6 Å². The van der Waals surface area contributed by atoms with Gasteiger partial charge < -0.3 is 4.74 Å². The molecule has 0 unspecified atom stereocenters. The maximum absolute atomic E-state index is 13.1. The van der Waals surface area contributed by atoms with Crippen LogP contribution in [-0.2, 0) is 9.53 Å². The predicted octanol–water partition coefficient (Wildman–Crippen LogP) is 5.46. The Morgan fingerprint density at radius 2 is 1.63 bits per heavy atom. The van der Waals surface area contributed by atoms with Crippen molar-refractivity contribution in [3.8, 4) is 0 Å². The lowest BCUT2D eigenvalue weighted by atomic mass is 9.99. The van der Waals surface area contributed by atoms with Crippen LogP contribution >= 0.6 is 35.1 Å². The maximum atomic E-state index is 13.1. The molecule has 2 aromatic rings. The van der Waals surface area contributed by atoms with Crippen LogP contribution in [0.1, 0.15) is 29.8 Å². The molecule has 0 aliphatic carbocycles. The molecule has 0 saturated carbocycles. The average molecular weight is 422 g/mol. The number of ether oxygens (including phenoxy) is 1. The standard InChI is InChI=1S/C20H17Cl2NO3S/c1-20(2)17(26-19(25)13-9-5-7-11-15(13)22)16(18(24)23(20)27-3)12-8-4-6-10-14(12)21/h4-11H,1-3H3. The Labute approximate surface area is 172 Å². The van der Waals surface area contributed by atoms with E-state index in [2.05, 4.69) is 0 Å². The molecule has 1 aliphatic rings. The number of rotatable bonds is 4. The number of halogens is 2. The summed E-state index contributed by atoms with van der Waals surface area (Å²) in [5, 5.41) is 0.692. The van der Waals surface area contributed by atoms with E-state index >= 15 is 0 Å². The van der Waals surface area contributed by atoms with Crippen LogP contribution in [0.3, 0.4) is 0 Å². The van der Waals surface area contributed by atoms with E-state index in [0.29, 0.717) is 10.6 Å². The lowest BCUT2D eigenvalue weighted by molar-refractivity contribution is -0.121. The predicted molar refractivity (Wildman–Crippen MR) is 110 cm³/mol. The molecule has 0 aromatic heterocycles. The fraction of sp³-hybridized carbons (Fsp3) is 0.200. The molecule has 0 bridgehead atoms. The first-order valence-corrected chi connectivity index (χ1v) is 10.1. The van der Waals surface area contributed by atoms with Gasteiger partial charge in [0.05, 0.1) is 16.2 Å². The SMILES string of the molecule is CSN1C(=O)C(c2ccccc2Cl)=C(OC(=O)c2ccccc2Cl)C1(C)C. The van der Waals surface area contributed by atoms with E-state index in [1.165, 1.54) is 11.9 Å². The minimum atomic E-state index is -0.845. The smallest absolute Gasteiger partial charge is 0.344 e. The molecule has 2 aromatic carbocycles. The summed E-state index contributed by atoms with van der Waals surface area (Å²) >= 11 is 13.7. The molecule has 0 saturated heterocycles. The second-order valence-corrected chi connectivity index (χ2v) is 7.94. The van der Waals surface area contributed by atoms with Gasteiger partial charge in [-0.1, -0.05) is 53.5 Å². The third kappa shape index (κ3) is 3.47. The minimum Gasteiger partial charge on any atom is -0.424 e. The van der Waals surface area contributed by atoms with Gasteiger partial charge in [-0.25, -0.2) is 4.79 Å². The lowest BCUT2D eigenvalue weighted by Gasteiger charge is -2.30. The summed E-state index contributed by atoms with van der Waals surface area (Å²) in [5.74, 6) is -0.633. The van der Waals surface area contributed by atoms with Gasteiger partial charge in [-0.05, 0) is 44.0 Å². The zero-order valence-corrected chi connectivity index (χ0v) is 17.3. The Bertz CT molecular complexity index is 956. The van der Waals surface area contributed by atoms with Crippen LogP contribution in [0.5, 0.6) is 0 Å². The van der Waals surface area contributed by atoms with E-state index in [0.717, 1.165) is 0 Å². The highest BCUT2D eigenvalue weighted by Gasteiger charge is 2.48. The van der Waals surface area contributed by atoms with E-state index in [-0.39, 0.29) is 27.8 Å². The van der Waals surface area contributed by atoms with E-state index in [1.807, 2.05) is 13.8 Å². The van der Waals surface area contributed by atoms with E-state index in [9.17, 15) is 9.59 Å². The van der Waals surface area contributed by atoms with Gasteiger partial charge in [0.15, 0.2) is 0 Å². The molecule has 0 N–H and O–H groups in total. The van der Waals surface area contributed by atoms with Crippen molar-refractivity contribution >= 4 is 52.6 Å². The number of hydrogen-bond acceptors (Lipinski definition) is 4. The van der Waals surface area contributed by atoms with Crippen molar-refractivity contribution in [2.75, 3.05) is 6.26 Å². The highest BCUT2D eigenvalue weighted by Crippen LogP contribution is 2.45. The Hall–Kier alpha value is -1.95. The number of carbonyl (C=O) groups excluding carboxylic acids is 2. The second kappa shape index (κ2) is 7.58. The molecular formula is C20H17Cl2NO3S. The van der Waals surface area contributed by atoms with Crippen molar-refractivity contribution in [1.29, 1.82) is 0 Å². The van der Waals surface area contributed by atoms with Gasteiger partial charge in [-0.2, -0.15) is 0 Å². The molecular weight excluding hydrogens is 405 g/mol. The van der Waals surface area contributed by atoms with Crippen molar-refractivity contribution < 1.29 is 14.3 Å². The van der Waals surface area contributed by atoms with Crippen LogP contribution in [-0.4, -0.2) is 28.0 Å². The van der Waals surface area contributed by atoms with Crippen molar-refractivity contribution in [1.82, 2.24) is 4.31 Å². The van der Waals surface area contributed by atoms with Crippen LogP contribution in [0.2, 0.25) is 10.0 Å². The van der Waals surface area contributed by atoms with Gasteiger partial charge in [0.2, 0.25) is 0 Å². The van der Waals surface area contributed by atoms with Crippen LogP contribution in [0, 0.1) is 0 Å². The second-order valence-electron chi connectivity index (χ2n) is 6.39. The third-order valence-corrected chi connectivity index (χ3v) is 5.95. The Kier molecular flexibility index (Phi) is 5.56. The van der Waals surface area contributed by atoms with Gasteiger partial charge >= 0.3 is 5.97 Å². The van der Waals surface area contributed by atoms with Gasteiger partial charge in [-0.3, -0.25) is 9.10 Å². The molecule has 7 heteroatoms. The summed E-state index contributed by atoms with van der Waals surface area (Å²) in [6.07, 6.45) is 1.79. The number of benzene rings is 2. The summed E-state index contributed by atoms with van der Waals surface area (Å²) < 4.78 is 7.31. The van der Waals surface area contributed by atoms with Crippen molar-refractivity contribution in [3.63, 3.8) is 0 Å². The van der Waals surface area contributed by atoms with Crippen molar-refractivity contribution in [2.24, 2.45) is 0 Å². The molecule has 3 rings (SSSR count). The minimum absolute atomic E-state index is 0.232. The van der Waals surface area contributed by atoms with E-state index < -0.39 is 11.5 Å². The molecule has 0 spiro atoms. The zero-order chi connectivity index (χ0) is 19.8. The number of nitrogens with zero attached hydrogens (tertiary/aromatic N) is 1. The highest BCUT2D eigenvalue weighted by molar-refractivity contribution is 7.96. The summed E-state index contributed by atoms with van der Waals surface area (Å²) in [4.78, 5) is 25.8. The quantitative estimate of drug-likeness (QED) is 0.485. The molecule has 1 heterocycles. The molecule has 27 heavy (non-hydrogen) atoms. The summed E-state index contributed by atoms with van der Waals surface area (Å²) in [5.41, 5.74) is 0.189. The van der Waals surface area contributed by atoms with E-state index in [1.54, 1.807) is 59.1 Å². The molecule has 0 fully saturated rings. The first-order valence-electron chi connectivity index (χ1n) is 8.14. The summed E-state index contributed by atoms with van der Waals surface area (Å²) in [6.45, 7) is 3.64. The highest BCUT2D eigenvalue weighted by atomic mass is 35.5. The first kappa shape index (κ1) is 19.8. The molecule has 1 aliphatic heterocycles. The Balaban J connectivity index is 2.14. The number of amides is 1. The monoisotopic (exact) mass is 421 g/mol. The van der Waals surface area contributed by atoms with Crippen molar-refractivity contribution in [2.45, 2.75) is 19.4 Å². The number of carbonyl (C=O) groups is 2. The summed E-state index contributed by atoms with van der Waals surface area (Å²) in [6, 6.07) is 13.6. The van der Waals surface area contributed by atoms with Crippen LogP contribution < -0.4 is 0 Å². The number of esters is 1. The molecule has 0 radical (unpaired) electrons. The van der Waals surface area contributed by atoms with Gasteiger partial charge in [0, 0.05) is 16.8 Å². The molecule has 0 atom stereocenters. The lowest BCUT2D eigenvalue weighted by Crippen LogP contribution is -2.39. The van der Waals surface area contributed by atoms with Crippen LogP contribution in [0.15, 0.2) is 54.3 Å². The maximum Gasteiger partial charge on any atom is 0.344 e. The van der Waals surface area contributed by atoms with Crippen molar-refractivity contribution in [3.05, 3.63) is 75.5 Å². The first-order chi connectivity index (χ1) is 12.8. The largest absolute Gasteiger partial charge is 0.424 e. The number of hydrogen-bond donors (Lipinski definition) is 0. The average Bonchev–Trinajstić information content (AvgIpc) is 2.81. The zero-order valence-electron chi connectivity index (χ0n) is 15.0. The normalized spacial score (nSPS) is 16.0. The Morgan fingerprint density at radius 1 is 1.04 bits per heavy atom. The van der Waals surface area contributed by atoms with Gasteiger partial charge in [0.1, 0.15) is 11.3 Å². The molecule has 4 nitrogen and oxygen atoms in total.